The number of halogens is 3. The fraction of sp³-hybridized carbons (Fsp3) is 0.241. The van der Waals surface area contributed by atoms with Gasteiger partial charge in [0.1, 0.15) is 12.2 Å². The summed E-state index contributed by atoms with van der Waals surface area (Å²) >= 11 is 12.0. The predicted octanol–water partition coefficient (Wildman–Crippen LogP) is 5.54. The Kier molecular flexibility index (Phi) is 7.15. The van der Waals surface area contributed by atoms with Crippen molar-refractivity contribution in [2.75, 3.05) is 18.4 Å². The van der Waals surface area contributed by atoms with E-state index >= 15 is 4.39 Å². The lowest BCUT2D eigenvalue weighted by molar-refractivity contribution is -0.116. The maximum absolute atomic E-state index is 15.9. The molecule has 5 aromatic rings. The second-order valence-electron chi connectivity index (χ2n) is 10.5. The molecule has 2 amide bonds. The van der Waals surface area contributed by atoms with E-state index < -0.39 is 11.6 Å². The number of hydrogen-bond acceptors (Lipinski definition) is 6. The first kappa shape index (κ1) is 27.8. The molecule has 1 fully saturated rings. The molecule has 13 heteroatoms. The van der Waals surface area contributed by atoms with Crippen LogP contribution in [0.5, 0.6) is 0 Å². The molecule has 214 valence electrons. The Balaban J connectivity index is 1.18. The Hall–Kier alpha value is -4.35. The number of hydrogen-bond donors (Lipinski definition) is 1. The molecule has 1 N–H and O–H groups in total. The highest BCUT2D eigenvalue weighted by molar-refractivity contribution is 6.35. The number of alkyl halides is 1. The first-order valence-corrected chi connectivity index (χ1v) is 13.9. The number of carbonyl (C=O) groups is 2. The number of nitrogens with one attached hydrogen (secondary N) is 1. The second-order valence-corrected chi connectivity index (χ2v) is 11.3. The molecule has 1 aliphatic rings. The van der Waals surface area contributed by atoms with Gasteiger partial charge in [-0.25, -0.2) is 18.7 Å². The third-order valence-electron chi connectivity index (χ3n) is 6.98. The number of rotatable bonds is 7. The number of nitrogens with zero attached hydrogens (tertiary/aromatic N) is 7. The van der Waals surface area contributed by atoms with Crippen LogP contribution in [0.25, 0.3) is 22.3 Å². The summed E-state index contributed by atoms with van der Waals surface area (Å²) in [5.41, 5.74) is 1.03. The Labute approximate surface area is 250 Å². The van der Waals surface area contributed by atoms with Gasteiger partial charge in [0.15, 0.2) is 11.3 Å². The fourth-order valence-electron chi connectivity index (χ4n) is 4.92. The van der Waals surface area contributed by atoms with Gasteiger partial charge in [0.2, 0.25) is 5.91 Å². The number of fused-ring (bicyclic) bond motifs is 1. The highest BCUT2D eigenvalue weighted by Gasteiger charge is 2.50. The van der Waals surface area contributed by atoms with Crippen LogP contribution >= 0.6 is 23.2 Å². The lowest BCUT2D eigenvalue weighted by Gasteiger charge is -2.43. The summed E-state index contributed by atoms with van der Waals surface area (Å²) < 4.78 is 18.9. The molecule has 3 aromatic heterocycles. The van der Waals surface area contributed by atoms with Crippen LogP contribution in [0.1, 0.15) is 35.9 Å². The first-order chi connectivity index (χ1) is 20.1. The van der Waals surface area contributed by atoms with E-state index in [1.54, 1.807) is 35.1 Å². The van der Waals surface area contributed by atoms with Crippen molar-refractivity contribution in [2.45, 2.75) is 32.1 Å². The quantitative estimate of drug-likeness (QED) is 0.260. The van der Waals surface area contributed by atoms with Crippen molar-refractivity contribution in [1.82, 2.24) is 34.7 Å². The smallest absolute Gasteiger partial charge is 0.254 e. The van der Waals surface area contributed by atoms with Crippen LogP contribution in [0.15, 0.2) is 67.0 Å². The minimum Gasteiger partial charge on any atom is -0.331 e. The van der Waals surface area contributed by atoms with E-state index in [0.717, 1.165) is 5.56 Å². The van der Waals surface area contributed by atoms with E-state index in [-0.39, 0.29) is 37.3 Å². The van der Waals surface area contributed by atoms with E-state index in [2.05, 4.69) is 20.7 Å². The molecule has 10 nitrogen and oxygen atoms in total. The van der Waals surface area contributed by atoms with E-state index in [9.17, 15) is 9.59 Å². The largest absolute Gasteiger partial charge is 0.331 e. The average molecular weight is 607 g/mol. The first-order valence-electron chi connectivity index (χ1n) is 13.2. The minimum atomic E-state index is -1.90. The summed E-state index contributed by atoms with van der Waals surface area (Å²) in [4.78, 5) is 32.4. The van der Waals surface area contributed by atoms with E-state index in [4.69, 9.17) is 28.2 Å². The number of pyridine rings is 1. The molecule has 0 atom stereocenters. The third-order valence-corrected chi connectivity index (χ3v) is 7.41. The molecule has 6 rings (SSSR count). The van der Waals surface area contributed by atoms with Gasteiger partial charge >= 0.3 is 0 Å². The summed E-state index contributed by atoms with van der Waals surface area (Å²) in [6.45, 7) is 3.36. The van der Waals surface area contributed by atoms with Gasteiger partial charge in [-0.3, -0.25) is 9.59 Å². The lowest BCUT2D eigenvalue weighted by Crippen LogP contribution is -2.59. The average Bonchev–Trinajstić information content (AvgIpc) is 3.58. The fourth-order valence-corrected chi connectivity index (χ4v) is 5.45. The van der Waals surface area contributed by atoms with Crippen LogP contribution in [0.4, 0.5) is 10.1 Å². The summed E-state index contributed by atoms with van der Waals surface area (Å²) in [7, 11) is 0. The number of benzene rings is 2. The number of amides is 2. The van der Waals surface area contributed by atoms with Crippen molar-refractivity contribution >= 4 is 51.7 Å². The van der Waals surface area contributed by atoms with Gasteiger partial charge < -0.3 is 10.2 Å². The minimum absolute atomic E-state index is 0.0273. The Morgan fingerprint density at radius 2 is 1.79 bits per heavy atom. The molecular weight excluding hydrogens is 582 g/mol. The molecule has 0 unspecified atom stereocenters. The lowest BCUT2D eigenvalue weighted by atomic mass is 9.91. The van der Waals surface area contributed by atoms with Gasteiger partial charge in [-0.15, -0.1) is 5.10 Å². The van der Waals surface area contributed by atoms with Crippen molar-refractivity contribution in [2.24, 2.45) is 0 Å². The highest BCUT2D eigenvalue weighted by Crippen LogP contribution is 2.37. The van der Waals surface area contributed by atoms with Gasteiger partial charge in [0, 0.05) is 27.3 Å². The Morgan fingerprint density at radius 1 is 1.07 bits per heavy atom. The number of anilines is 1. The van der Waals surface area contributed by atoms with Gasteiger partial charge in [0.05, 0.1) is 42.1 Å². The summed E-state index contributed by atoms with van der Waals surface area (Å²) in [5.74, 6) is -0.746. The van der Waals surface area contributed by atoms with Crippen molar-refractivity contribution in [3.05, 3.63) is 88.3 Å². The molecule has 0 radical (unpaired) electrons. The topological polar surface area (TPSA) is 111 Å². The molecule has 1 saturated heterocycles. The van der Waals surface area contributed by atoms with Crippen LogP contribution in [-0.4, -0.2) is 59.6 Å². The van der Waals surface area contributed by atoms with Crippen LogP contribution in [-0.2, 0) is 17.0 Å². The maximum atomic E-state index is 15.9. The highest BCUT2D eigenvalue weighted by atomic mass is 35.5. The van der Waals surface area contributed by atoms with E-state index in [1.807, 2.05) is 44.2 Å². The van der Waals surface area contributed by atoms with Crippen LogP contribution in [0.2, 0.25) is 10.0 Å². The van der Waals surface area contributed by atoms with Crippen LogP contribution < -0.4 is 5.32 Å². The maximum Gasteiger partial charge on any atom is 0.254 e. The zero-order chi connectivity index (χ0) is 29.6. The molecule has 1 aliphatic heterocycles. The zero-order valence-electron chi connectivity index (χ0n) is 22.6. The number of carbonyl (C=O) groups excluding carboxylic acids is 2. The van der Waals surface area contributed by atoms with Gasteiger partial charge in [-0.05, 0) is 38.1 Å². The van der Waals surface area contributed by atoms with Crippen LogP contribution in [0.3, 0.4) is 0 Å². The molecule has 42 heavy (non-hydrogen) atoms. The molecule has 0 aliphatic carbocycles. The Bertz CT molecular complexity index is 1790. The monoisotopic (exact) mass is 606 g/mol. The van der Waals surface area contributed by atoms with Crippen molar-refractivity contribution in [3.63, 3.8) is 0 Å². The summed E-state index contributed by atoms with van der Waals surface area (Å²) in [6, 6.07) is 16.0. The molecule has 2 aromatic carbocycles. The SMILES string of the molecule is CC(C)n1ncc2c(C(=O)N3CC(F)(c4cn(CC(=O)Nc5cc(Cl)cc(Cl)c5)nn4)C3)cc(-c3ccccc3)nc21. The van der Waals surface area contributed by atoms with E-state index in [0.29, 0.717) is 38.0 Å². The molecule has 0 saturated carbocycles. The third kappa shape index (κ3) is 5.33. The van der Waals surface area contributed by atoms with Crippen molar-refractivity contribution in [3.8, 4) is 11.3 Å². The molecule has 0 spiro atoms. The second kappa shape index (κ2) is 10.8. The standard InChI is InChI=1S/C29H25Cl2FN8O2/c1-17(2)40-27-23(12-33-40)22(11-24(35-27)18-6-4-3-5-7-18)28(42)38-15-29(32,16-38)25-13-39(37-36-25)14-26(41)34-21-9-19(30)8-20(31)10-21/h3-13,17H,14-16H2,1-2H3,(H,34,41). The predicted molar refractivity (Wildman–Crippen MR) is 157 cm³/mol. The number of aromatic nitrogens is 6. The van der Waals surface area contributed by atoms with Gasteiger partial charge in [-0.2, -0.15) is 5.10 Å². The van der Waals surface area contributed by atoms with E-state index in [1.165, 1.54) is 15.8 Å². The number of likely N-dealkylation sites (tertiary alicyclic amines) is 1. The molecule has 0 bridgehead atoms. The normalized spacial score (nSPS) is 14.3. The zero-order valence-corrected chi connectivity index (χ0v) is 24.1. The van der Waals surface area contributed by atoms with Gasteiger partial charge in [0.25, 0.3) is 5.91 Å². The molecule has 4 heterocycles. The van der Waals surface area contributed by atoms with Crippen molar-refractivity contribution < 1.29 is 14.0 Å². The summed E-state index contributed by atoms with van der Waals surface area (Å²) in [5, 5.41) is 16.3. The Morgan fingerprint density at radius 3 is 2.48 bits per heavy atom. The van der Waals surface area contributed by atoms with Gasteiger partial charge in [-0.1, -0.05) is 58.7 Å². The van der Waals surface area contributed by atoms with Crippen molar-refractivity contribution in [1.29, 1.82) is 0 Å². The van der Waals surface area contributed by atoms with Crippen LogP contribution in [0, 0.1) is 0 Å². The summed E-state index contributed by atoms with van der Waals surface area (Å²) in [6.07, 6.45) is 3.00. The molecular formula is C29H25Cl2FN8O2.